The summed E-state index contributed by atoms with van der Waals surface area (Å²) in [6.07, 6.45) is 3.83. The van der Waals surface area contributed by atoms with Crippen molar-refractivity contribution in [3.63, 3.8) is 0 Å². The number of oxazole rings is 1. The number of para-hydroxylation sites is 2. The topological polar surface area (TPSA) is 78.9 Å². The molecular weight excluding hydrogens is 310 g/mol. The maximum Gasteiger partial charge on any atom is 0.224 e. The Kier molecular flexibility index (Phi) is 4.87. The Morgan fingerprint density at radius 2 is 2.22 bits per heavy atom. The highest BCUT2D eigenvalue weighted by atomic mass is 32.1. The second kappa shape index (κ2) is 7.05. The zero-order valence-electron chi connectivity index (χ0n) is 12.7. The van der Waals surface area contributed by atoms with E-state index < -0.39 is 0 Å². The molecule has 0 radical (unpaired) electrons. The van der Waals surface area contributed by atoms with Crippen molar-refractivity contribution in [2.24, 2.45) is 11.8 Å². The van der Waals surface area contributed by atoms with E-state index in [1.807, 2.05) is 30.3 Å². The Labute approximate surface area is 140 Å². The lowest BCUT2D eigenvalue weighted by Gasteiger charge is -2.32. The minimum atomic E-state index is -0.222. The van der Waals surface area contributed by atoms with E-state index >= 15 is 0 Å². The lowest BCUT2D eigenvalue weighted by Crippen LogP contribution is -2.38. The predicted octanol–water partition coefficient (Wildman–Crippen LogP) is 3.24. The average Bonchev–Trinajstić information content (AvgIpc) is 3.03. The van der Waals surface area contributed by atoms with Gasteiger partial charge in [0.2, 0.25) is 11.8 Å². The second-order valence-corrected chi connectivity index (χ2v) is 6.45. The molecule has 0 aliphatic heterocycles. The summed E-state index contributed by atoms with van der Waals surface area (Å²) < 4.78 is 5.82. The molecule has 1 aromatic carbocycles. The number of aromatic nitrogens is 1. The summed E-state index contributed by atoms with van der Waals surface area (Å²) in [7, 11) is 0. The summed E-state index contributed by atoms with van der Waals surface area (Å²) in [4.78, 5) is 16.8. The number of nitrogens with zero attached hydrogens (tertiary/aromatic N) is 2. The molecule has 1 aliphatic rings. The first-order chi connectivity index (χ1) is 11.2. The molecule has 2 aromatic rings. The fraction of sp³-hybridized carbons (Fsp3) is 0.471. The van der Waals surface area contributed by atoms with E-state index in [9.17, 15) is 4.79 Å². The van der Waals surface area contributed by atoms with Crippen LogP contribution < -0.4 is 5.32 Å². The Hall–Kier alpha value is -2.00. The van der Waals surface area contributed by atoms with Crippen molar-refractivity contribution in [3.8, 4) is 6.07 Å². The summed E-state index contributed by atoms with van der Waals surface area (Å²) in [5.74, 6) is 0.430. The molecule has 5 nitrogen and oxygen atoms in total. The molecule has 0 spiro atoms. The van der Waals surface area contributed by atoms with Gasteiger partial charge >= 0.3 is 0 Å². The summed E-state index contributed by atoms with van der Waals surface area (Å²) in [6.45, 7) is 0.0438. The largest absolute Gasteiger partial charge is 0.439 e. The maximum absolute atomic E-state index is 12.3. The molecule has 1 heterocycles. The number of carbonyl (C=O) groups is 1. The predicted molar refractivity (Wildman–Crippen MR) is 89.8 cm³/mol. The molecule has 1 aromatic heterocycles. The van der Waals surface area contributed by atoms with Gasteiger partial charge in [-0.05, 0) is 30.9 Å². The highest BCUT2D eigenvalue weighted by Gasteiger charge is 2.37. The Morgan fingerprint density at radius 3 is 3.00 bits per heavy atom. The highest BCUT2D eigenvalue weighted by Crippen LogP contribution is 2.42. The molecule has 0 bridgehead atoms. The van der Waals surface area contributed by atoms with Gasteiger partial charge in [-0.15, -0.1) is 0 Å². The fourth-order valence-electron chi connectivity index (χ4n) is 3.32. The van der Waals surface area contributed by atoms with Crippen LogP contribution in [-0.2, 0) is 4.79 Å². The minimum absolute atomic E-state index is 0.0438. The minimum Gasteiger partial charge on any atom is -0.439 e. The molecule has 120 valence electrons. The highest BCUT2D eigenvalue weighted by molar-refractivity contribution is 7.80. The third kappa shape index (κ3) is 3.35. The van der Waals surface area contributed by atoms with E-state index in [0.29, 0.717) is 5.89 Å². The Bertz CT molecular complexity index is 704. The van der Waals surface area contributed by atoms with E-state index in [0.717, 1.165) is 36.8 Å². The molecule has 1 fully saturated rings. The van der Waals surface area contributed by atoms with E-state index in [-0.39, 0.29) is 29.5 Å². The van der Waals surface area contributed by atoms with Crippen LogP contribution in [0.2, 0.25) is 0 Å². The SMILES string of the molecule is N#CCNC(=O)[C@@H]1CCCC[C@H]1C(S)c1nc2ccccc2o1. The van der Waals surface area contributed by atoms with Crippen molar-refractivity contribution < 1.29 is 9.21 Å². The lowest BCUT2D eigenvalue weighted by atomic mass is 9.76. The molecular formula is C17H19N3O2S. The summed E-state index contributed by atoms with van der Waals surface area (Å²) in [5.41, 5.74) is 1.55. The Balaban J connectivity index is 1.81. The molecule has 1 N–H and O–H groups in total. The number of benzene rings is 1. The number of hydrogen-bond acceptors (Lipinski definition) is 5. The second-order valence-electron chi connectivity index (χ2n) is 5.90. The zero-order chi connectivity index (χ0) is 16.2. The first kappa shape index (κ1) is 15.9. The smallest absolute Gasteiger partial charge is 0.224 e. The third-order valence-electron chi connectivity index (χ3n) is 4.47. The van der Waals surface area contributed by atoms with Gasteiger partial charge in [0.05, 0.1) is 11.3 Å². The van der Waals surface area contributed by atoms with Crippen LogP contribution in [0, 0.1) is 23.2 Å². The van der Waals surface area contributed by atoms with Gasteiger partial charge in [-0.3, -0.25) is 4.79 Å². The van der Waals surface area contributed by atoms with Crippen LogP contribution in [0.25, 0.3) is 11.1 Å². The van der Waals surface area contributed by atoms with Gasteiger partial charge in [0.15, 0.2) is 5.58 Å². The number of amides is 1. The number of carbonyl (C=O) groups excluding carboxylic acids is 1. The van der Waals surface area contributed by atoms with Crippen molar-refractivity contribution in [1.82, 2.24) is 10.3 Å². The summed E-state index contributed by atoms with van der Waals surface area (Å²) in [5, 5.41) is 11.1. The van der Waals surface area contributed by atoms with Gasteiger partial charge in [-0.1, -0.05) is 25.0 Å². The van der Waals surface area contributed by atoms with Crippen LogP contribution in [-0.4, -0.2) is 17.4 Å². The maximum atomic E-state index is 12.3. The number of rotatable bonds is 4. The molecule has 3 atom stereocenters. The third-order valence-corrected chi connectivity index (χ3v) is 5.07. The average molecular weight is 329 g/mol. The number of fused-ring (bicyclic) bond motifs is 1. The molecule has 1 saturated carbocycles. The molecule has 23 heavy (non-hydrogen) atoms. The van der Waals surface area contributed by atoms with E-state index in [1.54, 1.807) is 0 Å². The van der Waals surface area contributed by atoms with Crippen molar-refractivity contribution in [2.45, 2.75) is 30.9 Å². The van der Waals surface area contributed by atoms with Gasteiger partial charge in [0, 0.05) is 5.92 Å². The van der Waals surface area contributed by atoms with Gasteiger partial charge < -0.3 is 9.73 Å². The lowest BCUT2D eigenvalue weighted by molar-refractivity contribution is -0.127. The van der Waals surface area contributed by atoms with Gasteiger partial charge in [-0.2, -0.15) is 17.9 Å². The first-order valence-corrected chi connectivity index (χ1v) is 8.40. The summed E-state index contributed by atoms with van der Waals surface area (Å²) in [6, 6.07) is 9.56. The van der Waals surface area contributed by atoms with Crippen LogP contribution in [0.5, 0.6) is 0 Å². The molecule has 1 amide bonds. The van der Waals surface area contributed by atoms with Crippen molar-refractivity contribution in [1.29, 1.82) is 5.26 Å². The molecule has 0 saturated heterocycles. The van der Waals surface area contributed by atoms with Crippen LogP contribution in [0.4, 0.5) is 0 Å². The standard InChI is InChI=1S/C17H19N3O2S/c18-9-10-19-16(21)12-6-2-1-5-11(12)15(23)17-20-13-7-3-4-8-14(13)22-17/h3-4,7-8,11-12,15,23H,1-2,5-6,10H2,(H,19,21)/t11-,12-,15?/m1/s1. The number of nitrogens with one attached hydrogen (secondary N) is 1. The summed E-state index contributed by atoms with van der Waals surface area (Å²) >= 11 is 4.72. The van der Waals surface area contributed by atoms with Gasteiger partial charge in [0.25, 0.3) is 0 Å². The van der Waals surface area contributed by atoms with Crippen LogP contribution in [0.1, 0.15) is 36.8 Å². The van der Waals surface area contributed by atoms with Crippen molar-refractivity contribution in [3.05, 3.63) is 30.2 Å². The van der Waals surface area contributed by atoms with Crippen molar-refractivity contribution >= 4 is 29.6 Å². The van der Waals surface area contributed by atoms with E-state index in [4.69, 9.17) is 22.3 Å². The van der Waals surface area contributed by atoms with Gasteiger partial charge in [-0.25, -0.2) is 4.98 Å². The van der Waals surface area contributed by atoms with E-state index in [1.165, 1.54) is 0 Å². The monoisotopic (exact) mass is 329 g/mol. The number of nitriles is 1. The van der Waals surface area contributed by atoms with Crippen molar-refractivity contribution in [2.75, 3.05) is 6.54 Å². The molecule has 1 aliphatic carbocycles. The first-order valence-electron chi connectivity index (χ1n) is 7.89. The van der Waals surface area contributed by atoms with Crippen LogP contribution in [0.15, 0.2) is 28.7 Å². The van der Waals surface area contributed by atoms with Crippen LogP contribution >= 0.6 is 12.6 Å². The molecule has 6 heteroatoms. The van der Waals surface area contributed by atoms with Crippen LogP contribution in [0.3, 0.4) is 0 Å². The van der Waals surface area contributed by atoms with E-state index in [2.05, 4.69) is 10.3 Å². The fourth-order valence-corrected chi connectivity index (χ4v) is 3.79. The quantitative estimate of drug-likeness (QED) is 0.666. The van der Waals surface area contributed by atoms with Gasteiger partial charge in [0.1, 0.15) is 12.1 Å². The molecule has 3 rings (SSSR count). The molecule has 1 unspecified atom stereocenters. The zero-order valence-corrected chi connectivity index (χ0v) is 13.6. The number of hydrogen-bond donors (Lipinski definition) is 2. The Morgan fingerprint density at radius 1 is 1.43 bits per heavy atom. The number of thiol groups is 1. The normalized spacial score (nSPS) is 22.4.